The van der Waals surface area contributed by atoms with E-state index >= 15 is 0 Å². The summed E-state index contributed by atoms with van der Waals surface area (Å²) in [7, 11) is 1.85. The van der Waals surface area contributed by atoms with E-state index in [1.54, 1.807) is 16.7 Å². The first-order chi connectivity index (χ1) is 7.11. The van der Waals surface area contributed by atoms with Crippen molar-refractivity contribution in [2.24, 2.45) is 0 Å². The van der Waals surface area contributed by atoms with Crippen molar-refractivity contribution in [1.82, 2.24) is 4.90 Å². The Morgan fingerprint density at radius 1 is 1.33 bits per heavy atom. The number of amides is 1. The van der Waals surface area contributed by atoms with Gasteiger partial charge in [0.1, 0.15) is 0 Å². The van der Waals surface area contributed by atoms with E-state index in [-0.39, 0.29) is 11.9 Å². The van der Waals surface area contributed by atoms with E-state index in [4.69, 9.17) is 0 Å². The highest BCUT2D eigenvalue weighted by Gasteiger charge is 2.11. The molecule has 0 spiro atoms. The monoisotopic (exact) mass is 223 g/mol. The van der Waals surface area contributed by atoms with Crippen molar-refractivity contribution in [1.29, 1.82) is 0 Å². The van der Waals surface area contributed by atoms with Crippen LogP contribution in [0.25, 0.3) is 0 Å². The van der Waals surface area contributed by atoms with Crippen LogP contribution < -0.4 is 0 Å². The second-order valence-corrected chi connectivity index (χ2v) is 4.75. The number of hydrogen-bond acceptors (Lipinski definition) is 2. The van der Waals surface area contributed by atoms with Gasteiger partial charge in [-0.15, -0.1) is 11.8 Å². The highest BCUT2D eigenvalue weighted by atomic mass is 32.2. The molecule has 0 radical (unpaired) electrons. The van der Waals surface area contributed by atoms with Gasteiger partial charge in [0.05, 0.1) is 5.75 Å². The van der Waals surface area contributed by atoms with E-state index in [2.05, 4.69) is 0 Å². The molecule has 0 aliphatic carbocycles. The van der Waals surface area contributed by atoms with Crippen molar-refractivity contribution in [3.63, 3.8) is 0 Å². The van der Waals surface area contributed by atoms with Crippen LogP contribution in [0.1, 0.15) is 13.8 Å². The van der Waals surface area contributed by atoms with Crippen molar-refractivity contribution in [2.75, 3.05) is 12.8 Å². The van der Waals surface area contributed by atoms with Gasteiger partial charge >= 0.3 is 0 Å². The lowest BCUT2D eigenvalue weighted by Crippen LogP contribution is -2.34. The molecule has 0 heterocycles. The summed E-state index contributed by atoms with van der Waals surface area (Å²) in [4.78, 5) is 14.6. The molecule has 0 saturated carbocycles. The predicted molar refractivity (Wildman–Crippen MR) is 65.1 cm³/mol. The van der Waals surface area contributed by atoms with Gasteiger partial charge < -0.3 is 4.90 Å². The van der Waals surface area contributed by atoms with Crippen LogP contribution in [-0.4, -0.2) is 29.6 Å². The van der Waals surface area contributed by atoms with E-state index in [0.717, 1.165) is 4.90 Å². The molecule has 2 nitrogen and oxygen atoms in total. The molecule has 3 heteroatoms. The maximum atomic E-state index is 11.7. The van der Waals surface area contributed by atoms with Crippen LogP contribution in [0.15, 0.2) is 35.2 Å². The van der Waals surface area contributed by atoms with E-state index in [9.17, 15) is 4.79 Å². The molecule has 15 heavy (non-hydrogen) atoms. The first-order valence-corrected chi connectivity index (χ1v) is 6.03. The Labute approximate surface area is 95.7 Å². The molecular weight excluding hydrogens is 206 g/mol. The minimum Gasteiger partial charge on any atom is -0.343 e. The van der Waals surface area contributed by atoms with Gasteiger partial charge in [-0.25, -0.2) is 0 Å². The summed E-state index contributed by atoms with van der Waals surface area (Å²) < 4.78 is 0. The summed E-state index contributed by atoms with van der Waals surface area (Å²) in [6.45, 7) is 4.04. The third kappa shape index (κ3) is 3.96. The summed E-state index contributed by atoms with van der Waals surface area (Å²) in [5, 5.41) is 0. The third-order valence-corrected chi connectivity index (χ3v) is 3.27. The molecule has 0 fully saturated rings. The maximum absolute atomic E-state index is 11.7. The van der Waals surface area contributed by atoms with Gasteiger partial charge in [-0.1, -0.05) is 18.2 Å². The van der Waals surface area contributed by atoms with Crippen LogP contribution in [0.3, 0.4) is 0 Å². The van der Waals surface area contributed by atoms with Crippen LogP contribution >= 0.6 is 11.8 Å². The zero-order valence-corrected chi connectivity index (χ0v) is 10.3. The zero-order valence-electron chi connectivity index (χ0n) is 9.43. The number of carbonyl (C=O) groups excluding carboxylic acids is 1. The SMILES string of the molecule is CC(C)N(C)C(=O)CSc1ccccc1. The van der Waals surface area contributed by atoms with Crippen molar-refractivity contribution in [3.05, 3.63) is 30.3 Å². The molecule has 0 N–H and O–H groups in total. The lowest BCUT2D eigenvalue weighted by molar-refractivity contribution is -0.128. The van der Waals surface area contributed by atoms with Gasteiger partial charge in [0.2, 0.25) is 5.91 Å². The number of thioether (sulfide) groups is 1. The van der Waals surface area contributed by atoms with Gasteiger partial charge in [0, 0.05) is 18.0 Å². The van der Waals surface area contributed by atoms with Crippen LogP contribution in [0.4, 0.5) is 0 Å². The third-order valence-electron chi connectivity index (χ3n) is 2.27. The summed E-state index contributed by atoms with van der Waals surface area (Å²) in [6.07, 6.45) is 0. The molecule has 0 aliphatic heterocycles. The van der Waals surface area contributed by atoms with Gasteiger partial charge in [0.25, 0.3) is 0 Å². The fourth-order valence-corrected chi connectivity index (χ4v) is 1.89. The van der Waals surface area contributed by atoms with E-state index in [1.807, 2.05) is 51.2 Å². The van der Waals surface area contributed by atoms with Crippen molar-refractivity contribution >= 4 is 17.7 Å². The Kier molecular flexibility index (Phi) is 4.69. The Morgan fingerprint density at radius 2 is 1.93 bits per heavy atom. The fraction of sp³-hybridized carbons (Fsp3) is 0.417. The van der Waals surface area contributed by atoms with Gasteiger partial charge in [0.15, 0.2) is 0 Å². The molecule has 1 aromatic carbocycles. The molecule has 0 unspecified atom stereocenters. The highest BCUT2D eigenvalue weighted by Crippen LogP contribution is 2.17. The van der Waals surface area contributed by atoms with Crippen LogP contribution in [-0.2, 0) is 4.79 Å². The second kappa shape index (κ2) is 5.81. The molecule has 0 aliphatic rings. The molecular formula is C12H17NOS. The van der Waals surface area contributed by atoms with Gasteiger partial charge in [-0.05, 0) is 26.0 Å². The smallest absolute Gasteiger partial charge is 0.232 e. The molecule has 1 aromatic rings. The Balaban J connectivity index is 2.41. The van der Waals surface area contributed by atoms with Crippen molar-refractivity contribution in [2.45, 2.75) is 24.8 Å². The molecule has 82 valence electrons. The molecule has 0 saturated heterocycles. The Morgan fingerprint density at radius 3 is 2.47 bits per heavy atom. The number of rotatable bonds is 4. The Bertz CT molecular complexity index is 311. The van der Waals surface area contributed by atoms with E-state index in [1.165, 1.54) is 0 Å². The van der Waals surface area contributed by atoms with Gasteiger partial charge in [-0.3, -0.25) is 4.79 Å². The first-order valence-electron chi connectivity index (χ1n) is 5.04. The summed E-state index contributed by atoms with van der Waals surface area (Å²) >= 11 is 1.58. The van der Waals surface area contributed by atoms with E-state index < -0.39 is 0 Å². The molecule has 1 rings (SSSR count). The van der Waals surface area contributed by atoms with E-state index in [0.29, 0.717) is 5.75 Å². The lowest BCUT2D eigenvalue weighted by atomic mass is 10.3. The van der Waals surface area contributed by atoms with Gasteiger partial charge in [-0.2, -0.15) is 0 Å². The molecule has 0 bridgehead atoms. The number of nitrogens with zero attached hydrogens (tertiary/aromatic N) is 1. The maximum Gasteiger partial charge on any atom is 0.232 e. The number of benzene rings is 1. The largest absolute Gasteiger partial charge is 0.343 e. The van der Waals surface area contributed by atoms with Crippen molar-refractivity contribution in [3.8, 4) is 0 Å². The predicted octanol–water partition coefficient (Wildman–Crippen LogP) is 2.65. The molecule has 0 atom stereocenters. The molecule has 1 amide bonds. The topological polar surface area (TPSA) is 20.3 Å². The average molecular weight is 223 g/mol. The summed E-state index contributed by atoms with van der Waals surface area (Å²) in [6, 6.07) is 10.3. The first kappa shape index (κ1) is 12.1. The lowest BCUT2D eigenvalue weighted by Gasteiger charge is -2.21. The summed E-state index contributed by atoms with van der Waals surface area (Å²) in [5.41, 5.74) is 0. The van der Waals surface area contributed by atoms with Crippen LogP contribution in [0.2, 0.25) is 0 Å². The number of hydrogen-bond donors (Lipinski definition) is 0. The van der Waals surface area contributed by atoms with Crippen LogP contribution in [0, 0.1) is 0 Å². The average Bonchev–Trinajstić information content (AvgIpc) is 2.26. The molecule has 0 aromatic heterocycles. The Hall–Kier alpha value is -0.960. The second-order valence-electron chi connectivity index (χ2n) is 3.70. The highest BCUT2D eigenvalue weighted by molar-refractivity contribution is 8.00. The van der Waals surface area contributed by atoms with Crippen LogP contribution in [0.5, 0.6) is 0 Å². The minimum atomic E-state index is 0.179. The van der Waals surface area contributed by atoms with Crippen molar-refractivity contribution < 1.29 is 4.79 Å². The fourth-order valence-electron chi connectivity index (χ4n) is 1.05. The standard InChI is InChI=1S/C12H17NOS/c1-10(2)13(3)12(14)9-15-11-7-5-4-6-8-11/h4-8,10H,9H2,1-3H3. The normalized spacial score (nSPS) is 10.4. The zero-order chi connectivity index (χ0) is 11.3. The number of carbonyl (C=O) groups is 1. The quantitative estimate of drug-likeness (QED) is 0.731. The minimum absolute atomic E-state index is 0.179. The summed E-state index contributed by atoms with van der Waals surface area (Å²) in [5.74, 6) is 0.692.